The van der Waals surface area contributed by atoms with Gasteiger partial charge in [0.1, 0.15) is 17.1 Å². The van der Waals surface area contributed by atoms with Crippen LogP contribution in [0.3, 0.4) is 0 Å². The average Bonchev–Trinajstić information content (AvgIpc) is 3.00. The summed E-state index contributed by atoms with van der Waals surface area (Å²) in [5.41, 5.74) is 3.26. The van der Waals surface area contributed by atoms with Gasteiger partial charge in [-0.25, -0.2) is 4.98 Å². The summed E-state index contributed by atoms with van der Waals surface area (Å²) in [6.45, 7) is 4.05. The summed E-state index contributed by atoms with van der Waals surface area (Å²) >= 11 is 0. The van der Waals surface area contributed by atoms with Gasteiger partial charge >= 0.3 is 0 Å². The van der Waals surface area contributed by atoms with Crippen molar-refractivity contribution in [3.05, 3.63) is 47.3 Å². The molecular weight excluding hydrogens is 330 g/mol. The number of fused-ring (bicyclic) bond motifs is 2. The molecule has 4 rings (SSSR count). The Morgan fingerprint density at radius 2 is 2.23 bits per heavy atom. The van der Waals surface area contributed by atoms with E-state index in [4.69, 9.17) is 4.74 Å². The molecule has 0 saturated heterocycles. The van der Waals surface area contributed by atoms with Crippen molar-refractivity contribution < 1.29 is 9.53 Å². The first-order valence-corrected chi connectivity index (χ1v) is 8.76. The Labute approximate surface area is 151 Å². The van der Waals surface area contributed by atoms with Crippen LogP contribution in [-0.4, -0.2) is 33.8 Å². The lowest BCUT2D eigenvalue weighted by atomic mass is 10.1. The molecule has 0 radical (unpaired) electrons. The van der Waals surface area contributed by atoms with Crippen LogP contribution >= 0.6 is 0 Å². The molecule has 0 saturated carbocycles. The van der Waals surface area contributed by atoms with Crippen LogP contribution in [0.2, 0.25) is 0 Å². The lowest BCUT2D eigenvalue weighted by Gasteiger charge is -2.14. The average molecular weight is 351 g/mol. The molecule has 2 aromatic heterocycles. The predicted octanol–water partition coefficient (Wildman–Crippen LogP) is 2.26. The zero-order chi connectivity index (χ0) is 18.1. The number of anilines is 1. The first-order valence-electron chi connectivity index (χ1n) is 8.76. The summed E-state index contributed by atoms with van der Waals surface area (Å²) in [5.74, 6) is 0.949. The Bertz CT molecular complexity index is 979. The molecule has 0 bridgehead atoms. The summed E-state index contributed by atoms with van der Waals surface area (Å²) in [4.78, 5) is 17.3. The lowest BCUT2D eigenvalue weighted by Crippen LogP contribution is -2.26. The number of para-hydroxylation sites is 1. The summed E-state index contributed by atoms with van der Waals surface area (Å²) in [7, 11) is 1.88. The number of rotatable bonds is 4. The molecule has 7 heteroatoms. The van der Waals surface area contributed by atoms with Gasteiger partial charge in [-0.15, -0.1) is 0 Å². The topological polar surface area (TPSA) is 81.1 Å². The highest BCUT2D eigenvalue weighted by atomic mass is 16.5. The summed E-state index contributed by atoms with van der Waals surface area (Å²) in [5, 5.41) is 11.5. The molecule has 7 nitrogen and oxygen atoms in total. The number of pyridine rings is 1. The normalized spacial score (nSPS) is 13.5. The molecule has 0 spiro atoms. The fourth-order valence-corrected chi connectivity index (χ4v) is 3.34. The predicted molar refractivity (Wildman–Crippen MR) is 99.5 cm³/mol. The minimum atomic E-state index is -0.244. The molecule has 3 heterocycles. The Balaban J connectivity index is 1.65. The van der Waals surface area contributed by atoms with Crippen LogP contribution in [0.4, 0.5) is 5.82 Å². The molecule has 1 amide bonds. The van der Waals surface area contributed by atoms with Gasteiger partial charge in [0, 0.05) is 43.2 Å². The quantitative estimate of drug-likeness (QED) is 0.754. The molecule has 26 heavy (non-hydrogen) atoms. The maximum absolute atomic E-state index is 12.8. The van der Waals surface area contributed by atoms with Gasteiger partial charge in [-0.1, -0.05) is 12.1 Å². The number of nitrogens with one attached hydrogen (secondary N) is 2. The van der Waals surface area contributed by atoms with E-state index in [1.165, 1.54) is 0 Å². The summed E-state index contributed by atoms with van der Waals surface area (Å²) < 4.78 is 7.44. The van der Waals surface area contributed by atoms with Crippen LogP contribution in [0.5, 0.6) is 5.75 Å². The van der Waals surface area contributed by atoms with E-state index in [0.29, 0.717) is 30.4 Å². The van der Waals surface area contributed by atoms with E-state index in [-0.39, 0.29) is 5.91 Å². The van der Waals surface area contributed by atoms with Crippen molar-refractivity contribution in [2.45, 2.75) is 19.9 Å². The number of aryl methyl sites for hydroxylation is 1. The Morgan fingerprint density at radius 1 is 1.35 bits per heavy atom. The highest BCUT2D eigenvalue weighted by Crippen LogP contribution is 2.26. The van der Waals surface area contributed by atoms with Crippen molar-refractivity contribution in [2.75, 3.05) is 18.5 Å². The van der Waals surface area contributed by atoms with Gasteiger partial charge in [-0.05, 0) is 25.1 Å². The first kappa shape index (κ1) is 16.5. The molecule has 0 unspecified atom stereocenters. The molecule has 1 aliphatic rings. The Kier molecular flexibility index (Phi) is 4.30. The van der Waals surface area contributed by atoms with E-state index in [2.05, 4.69) is 20.7 Å². The zero-order valence-corrected chi connectivity index (χ0v) is 14.9. The monoisotopic (exact) mass is 351 g/mol. The molecule has 1 aromatic carbocycles. The highest BCUT2D eigenvalue weighted by molar-refractivity contribution is 6.04. The molecule has 2 N–H and O–H groups in total. The van der Waals surface area contributed by atoms with Crippen LogP contribution in [0.1, 0.15) is 28.7 Å². The molecule has 0 atom stereocenters. The number of amides is 1. The second-order valence-electron chi connectivity index (χ2n) is 6.24. The number of benzene rings is 1. The van der Waals surface area contributed by atoms with Gasteiger partial charge in [0.15, 0.2) is 5.69 Å². The molecule has 0 fully saturated rings. The number of ether oxygens (including phenoxy) is 1. The van der Waals surface area contributed by atoms with Crippen LogP contribution in [0, 0.1) is 0 Å². The largest absolute Gasteiger partial charge is 0.492 e. The van der Waals surface area contributed by atoms with Crippen molar-refractivity contribution in [1.29, 1.82) is 0 Å². The van der Waals surface area contributed by atoms with E-state index in [1.807, 2.05) is 38.2 Å². The second-order valence-corrected chi connectivity index (χ2v) is 6.24. The van der Waals surface area contributed by atoms with Gasteiger partial charge in [-0.2, -0.15) is 5.10 Å². The third-order valence-corrected chi connectivity index (χ3v) is 4.55. The van der Waals surface area contributed by atoms with Crippen molar-refractivity contribution in [1.82, 2.24) is 20.1 Å². The maximum atomic E-state index is 12.8. The highest BCUT2D eigenvalue weighted by Gasteiger charge is 2.24. The van der Waals surface area contributed by atoms with Gasteiger partial charge < -0.3 is 15.4 Å². The van der Waals surface area contributed by atoms with Gasteiger partial charge in [0.2, 0.25) is 0 Å². The molecular formula is C19H21N5O2. The van der Waals surface area contributed by atoms with E-state index >= 15 is 0 Å². The lowest BCUT2D eigenvalue weighted by molar-refractivity contribution is 0.102. The molecule has 134 valence electrons. The fourth-order valence-electron chi connectivity index (χ4n) is 3.34. The van der Waals surface area contributed by atoms with Gasteiger partial charge in [0.05, 0.1) is 6.61 Å². The fraction of sp³-hybridized carbons (Fsp3) is 0.316. The van der Waals surface area contributed by atoms with E-state index in [0.717, 1.165) is 35.1 Å². The number of hydrogen-bond acceptors (Lipinski definition) is 5. The smallest absolute Gasteiger partial charge is 0.277 e. The SMILES string of the molecule is CCOc1cccc2ccc(NC(=O)c3nn(C)c4c3CNCC4)nc12. The minimum Gasteiger partial charge on any atom is -0.492 e. The number of hydrogen-bond donors (Lipinski definition) is 2. The van der Waals surface area contributed by atoms with E-state index in [9.17, 15) is 4.79 Å². The standard InChI is InChI=1S/C19H21N5O2/c1-3-26-15-6-4-5-12-7-8-16(21-17(12)15)22-19(25)18-13-11-20-10-9-14(13)24(2)23-18/h4-8,20H,3,9-11H2,1-2H3,(H,21,22,25). The van der Waals surface area contributed by atoms with Crippen LogP contribution in [0.15, 0.2) is 30.3 Å². The van der Waals surface area contributed by atoms with Crippen molar-refractivity contribution in [3.63, 3.8) is 0 Å². The van der Waals surface area contributed by atoms with Crippen molar-refractivity contribution in [2.24, 2.45) is 7.05 Å². The summed E-state index contributed by atoms with van der Waals surface area (Å²) in [6.07, 6.45) is 0.873. The van der Waals surface area contributed by atoms with Gasteiger partial charge in [0.25, 0.3) is 5.91 Å². The molecule has 1 aliphatic heterocycles. The maximum Gasteiger partial charge on any atom is 0.277 e. The number of carbonyl (C=O) groups excluding carboxylic acids is 1. The number of aromatic nitrogens is 3. The first-order chi connectivity index (χ1) is 12.7. The van der Waals surface area contributed by atoms with E-state index in [1.54, 1.807) is 10.7 Å². The minimum absolute atomic E-state index is 0.244. The van der Waals surface area contributed by atoms with Gasteiger partial charge in [-0.3, -0.25) is 9.48 Å². The molecule has 0 aliphatic carbocycles. The third kappa shape index (κ3) is 2.90. The number of nitrogens with zero attached hydrogens (tertiary/aromatic N) is 3. The molecule has 3 aromatic rings. The Morgan fingerprint density at radius 3 is 3.08 bits per heavy atom. The van der Waals surface area contributed by atoms with Crippen LogP contribution in [-0.2, 0) is 20.0 Å². The van der Waals surface area contributed by atoms with Crippen LogP contribution < -0.4 is 15.4 Å². The van der Waals surface area contributed by atoms with Crippen molar-refractivity contribution in [3.8, 4) is 5.75 Å². The summed E-state index contributed by atoms with van der Waals surface area (Å²) in [6, 6.07) is 9.50. The van der Waals surface area contributed by atoms with Crippen molar-refractivity contribution >= 4 is 22.6 Å². The second kappa shape index (κ2) is 6.76. The van der Waals surface area contributed by atoms with Crippen LogP contribution in [0.25, 0.3) is 10.9 Å². The Hall–Kier alpha value is -2.93. The number of carbonyl (C=O) groups is 1. The zero-order valence-electron chi connectivity index (χ0n) is 14.9. The van der Waals surface area contributed by atoms with E-state index < -0.39 is 0 Å². The third-order valence-electron chi connectivity index (χ3n) is 4.55.